The van der Waals surface area contributed by atoms with Gasteiger partial charge in [-0.2, -0.15) is 23.5 Å². The number of nitrogen functional groups attached to an aromatic ring is 1. The summed E-state index contributed by atoms with van der Waals surface area (Å²) in [6, 6.07) is 11.6. The number of alkyl halides is 3. The first-order valence-corrected chi connectivity index (χ1v) is 9.98. The van der Waals surface area contributed by atoms with E-state index >= 15 is 0 Å². The molecule has 0 saturated carbocycles. The van der Waals surface area contributed by atoms with Crippen molar-refractivity contribution in [2.24, 2.45) is 0 Å². The van der Waals surface area contributed by atoms with E-state index in [1.54, 1.807) is 19.1 Å². The number of rotatable bonds is 4. The molecule has 1 aliphatic heterocycles. The lowest BCUT2D eigenvalue weighted by molar-refractivity contribution is -0.137. The van der Waals surface area contributed by atoms with Crippen molar-refractivity contribution in [1.29, 1.82) is 10.7 Å². The molecule has 0 aliphatic carbocycles. The molecule has 1 atom stereocenters. The minimum atomic E-state index is -4.51. The molecule has 0 radical (unpaired) electrons. The number of amides is 1. The van der Waals surface area contributed by atoms with Gasteiger partial charge < -0.3 is 21.8 Å². The average Bonchev–Trinajstić information content (AvgIpc) is 3.21. The first-order valence-electron chi connectivity index (χ1n) is 9.98. The molecule has 8 nitrogen and oxygen atoms in total. The average molecular weight is 465 g/mol. The van der Waals surface area contributed by atoms with Crippen molar-refractivity contribution >= 4 is 29.3 Å². The van der Waals surface area contributed by atoms with Crippen molar-refractivity contribution in [1.82, 2.24) is 9.78 Å². The van der Waals surface area contributed by atoms with Crippen LogP contribution in [0.3, 0.4) is 0 Å². The number of carbonyl (C=O) groups excluding carboxylic acids is 1. The highest BCUT2D eigenvalue weighted by Crippen LogP contribution is 2.38. The number of anilines is 3. The topological polar surface area (TPSA) is 133 Å². The third kappa shape index (κ3) is 4.09. The van der Waals surface area contributed by atoms with E-state index in [9.17, 15) is 23.2 Å². The molecule has 2 aromatic carbocycles. The number of benzene rings is 2. The summed E-state index contributed by atoms with van der Waals surface area (Å²) >= 11 is 0. The van der Waals surface area contributed by atoms with E-state index in [-0.39, 0.29) is 11.3 Å². The summed E-state index contributed by atoms with van der Waals surface area (Å²) in [6.45, 7) is 1.65. The summed E-state index contributed by atoms with van der Waals surface area (Å²) in [6.07, 6.45) is -3.45. The Balaban J connectivity index is 1.78. The fourth-order valence-electron chi connectivity index (χ4n) is 3.76. The molecule has 34 heavy (non-hydrogen) atoms. The molecule has 5 N–H and O–H groups in total. The van der Waals surface area contributed by atoms with Crippen LogP contribution in [0, 0.1) is 16.7 Å². The van der Waals surface area contributed by atoms with Gasteiger partial charge in [0, 0.05) is 34.9 Å². The van der Waals surface area contributed by atoms with Crippen molar-refractivity contribution in [2.45, 2.75) is 19.1 Å². The summed E-state index contributed by atoms with van der Waals surface area (Å²) in [7, 11) is 0. The second kappa shape index (κ2) is 8.40. The number of nitrogens with one attached hydrogen (secondary N) is 3. The molecule has 0 saturated heterocycles. The fourth-order valence-corrected chi connectivity index (χ4v) is 3.76. The van der Waals surface area contributed by atoms with Gasteiger partial charge >= 0.3 is 6.18 Å². The van der Waals surface area contributed by atoms with Crippen LogP contribution in [0.5, 0.6) is 0 Å². The molecule has 172 valence electrons. The van der Waals surface area contributed by atoms with Crippen LogP contribution in [0.2, 0.25) is 0 Å². The maximum Gasteiger partial charge on any atom is 0.416 e. The first-order chi connectivity index (χ1) is 16.1. The summed E-state index contributed by atoms with van der Waals surface area (Å²) in [5.41, 5.74) is 7.26. The number of nitrogens with two attached hydrogens (primary N) is 1. The molecule has 1 aromatic heterocycles. The van der Waals surface area contributed by atoms with Crippen LogP contribution < -0.4 is 16.4 Å². The maximum atomic E-state index is 13.4. The molecule has 0 fully saturated rings. The number of hydrogen-bond acceptors (Lipinski definition) is 6. The maximum absolute atomic E-state index is 13.4. The molecule has 2 heterocycles. The van der Waals surface area contributed by atoms with Crippen molar-refractivity contribution in [3.63, 3.8) is 0 Å². The molecule has 3 aromatic rings. The Kier molecular flexibility index (Phi) is 5.58. The summed E-state index contributed by atoms with van der Waals surface area (Å²) < 4.78 is 40.7. The number of fused-ring (bicyclic) bond motifs is 1. The van der Waals surface area contributed by atoms with Crippen LogP contribution in [0.25, 0.3) is 0 Å². The van der Waals surface area contributed by atoms with Gasteiger partial charge in [0.1, 0.15) is 17.9 Å². The summed E-state index contributed by atoms with van der Waals surface area (Å²) in [5.74, 6) is -0.107. The van der Waals surface area contributed by atoms with Crippen molar-refractivity contribution in [3.8, 4) is 6.07 Å². The Bertz CT molecular complexity index is 1360. The van der Waals surface area contributed by atoms with Crippen LogP contribution in [-0.4, -0.2) is 21.9 Å². The van der Waals surface area contributed by atoms with Gasteiger partial charge in [0.05, 0.1) is 11.1 Å². The molecule has 1 unspecified atom stereocenters. The number of allylic oxidation sites excluding steroid dienone is 1. The van der Waals surface area contributed by atoms with Crippen LogP contribution in [0.4, 0.5) is 30.4 Å². The van der Waals surface area contributed by atoms with E-state index in [0.717, 1.165) is 18.3 Å². The first kappa shape index (κ1) is 22.6. The Morgan fingerprint density at radius 1 is 1.26 bits per heavy atom. The second-order valence-corrected chi connectivity index (χ2v) is 7.60. The lowest BCUT2D eigenvalue weighted by Gasteiger charge is -2.30. The lowest BCUT2D eigenvalue weighted by atomic mass is 9.94. The number of hydrogen-bond donors (Lipinski definition) is 4. The highest BCUT2D eigenvalue weighted by atomic mass is 19.4. The zero-order valence-electron chi connectivity index (χ0n) is 17.7. The van der Waals surface area contributed by atoms with Gasteiger partial charge in [0.25, 0.3) is 5.91 Å². The monoisotopic (exact) mass is 465 g/mol. The molecule has 1 aliphatic rings. The third-order valence-electron chi connectivity index (χ3n) is 5.39. The molecule has 11 heteroatoms. The molecule has 4 rings (SSSR count). The Morgan fingerprint density at radius 2 is 1.97 bits per heavy atom. The van der Waals surface area contributed by atoms with Crippen molar-refractivity contribution < 1.29 is 18.0 Å². The Labute approximate surface area is 192 Å². The number of nitriles is 1. The highest BCUT2D eigenvalue weighted by Gasteiger charge is 2.35. The van der Waals surface area contributed by atoms with Gasteiger partial charge in [-0.3, -0.25) is 4.79 Å². The van der Waals surface area contributed by atoms with Crippen LogP contribution in [-0.2, 0) is 11.0 Å². The van der Waals surface area contributed by atoms with Gasteiger partial charge in [0.2, 0.25) is 0 Å². The summed E-state index contributed by atoms with van der Waals surface area (Å²) in [5, 5.41) is 26.7. The molecule has 0 bridgehead atoms. The predicted octanol–water partition coefficient (Wildman–Crippen LogP) is 4.28. The van der Waals surface area contributed by atoms with E-state index in [2.05, 4.69) is 15.7 Å². The van der Waals surface area contributed by atoms with Gasteiger partial charge in [-0.1, -0.05) is 12.1 Å². The molecule has 1 amide bonds. The zero-order chi connectivity index (χ0) is 24.6. The Morgan fingerprint density at radius 3 is 2.59 bits per heavy atom. The van der Waals surface area contributed by atoms with E-state index in [0.29, 0.717) is 34.0 Å². The van der Waals surface area contributed by atoms with Crippen molar-refractivity contribution in [2.75, 3.05) is 16.4 Å². The van der Waals surface area contributed by atoms with Crippen LogP contribution in [0.15, 0.2) is 59.8 Å². The number of nitrogens with zero attached hydrogens (tertiary/aromatic N) is 3. The molecule has 0 spiro atoms. The molecular weight excluding hydrogens is 447 g/mol. The number of aromatic nitrogens is 2. The standard InChI is InChI=1S/C23H18F3N7O/c1-12-20(22(34)31-16-6-7-18(29)14(8-16)10-27)21(33-19(30-12)9-17(11-28)32-33)13-2-4-15(5-3-13)23(24,25)26/h2-10,21,27,30H,29H2,1H3,(H,31,34). The van der Waals surface area contributed by atoms with Gasteiger partial charge in [-0.15, -0.1) is 0 Å². The largest absolute Gasteiger partial charge is 0.416 e. The number of halogens is 3. The lowest BCUT2D eigenvalue weighted by Crippen LogP contribution is -2.31. The van der Waals surface area contributed by atoms with E-state index in [1.807, 2.05) is 6.07 Å². The quantitative estimate of drug-likeness (QED) is 0.337. The van der Waals surface area contributed by atoms with E-state index in [1.165, 1.54) is 28.9 Å². The van der Waals surface area contributed by atoms with Gasteiger partial charge in [0.15, 0.2) is 5.69 Å². The smallest absolute Gasteiger partial charge is 0.398 e. The SMILES string of the molecule is CC1=C(C(=O)Nc2ccc(N)c(C=N)c2)C(c2ccc(C(F)(F)F)cc2)n2nc(C#N)cc2N1. The minimum Gasteiger partial charge on any atom is -0.398 e. The normalized spacial score (nSPS) is 15.2. The predicted molar refractivity (Wildman–Crippen MR) is 120 cm³/mol. The van der Waals surface area contributed by atoms with Gasteiger partial charge in [-0.25, -0.2) is 4.68 Å². The number of carbonyl (C=O) groups is 1. The van der Waals surface area contributed by atoms with E-state index in [4.69, 9.17) is 11.1 Å². The minimum absolute atomic E-state index is 0.0861. The van der Waals surface area contributed by atoms with Crippen LogP contribution >= 0.6 is 0 Å². The molecular formula is C23H18F3N7O. The fraction of sp³-hybridized carbons (Fsp3) is 0.130. The third-order valence-corrected chi connectivity index (χ3v) is 5.39. The van der Waals surface area contributed by atoms with E-state index < -0.39 is 23.7 Å². The van der Waals surface area contributed by atoms with Crippen molar-refractivity contribution in [3.05, 3.63) is 82.2 Å². The van der Waals surface area contributed by atoms with Crippen LogP contribution in [0.1, 0.15) is 35.3 Å². The summed E-state index contributed by atoms with van der Waals surface area (Å²) in [4.78, 5) is 13.4. The Hall–Kier alpha value is -4.59. The second-order valence-electron chi connectivity index (χ2n) is 7.60. The highest BCUT2D eigenvalue weighted by molar-refractivity contribution is 6.06. The zero-order valence-corrected chi connectivity index (χ0v) is 17.7. The van der Waals surface area contributed by atoms with Gasteiger partial charge in [-0.05, 0) is 42.8 Å².